The van der Waals surface area contributed by atoms with Crippen LogP contribution < -0.4 is 0 Å². The Morgan fingerprint density at radius 1 is 1.21 bits per heavy atom. The molecule has 0 atom stereocenters. The van der Waals surface area contributed by atoms with E-state index < -0.39 is 0 Å². The quantitative estimate of drug-likeness (QED) is 0.782. The summed E-state index contributed by atoms with van der Waals surface area (Å²) in [5.74, 6) is 1.42. The Morgan fingerprint density at radius 3 is 2.50 bits per heavy atom. The Morgan fingerprint density at radius 2 is 1.93 bits per heavy atom. The van der Waals surface area contributed by atoms with Crippen LogP contribution in [0.3, 0.4) is 0 Å². The van der Waals surface area contributed by atoms with Crippen LogP contribution in [0, 0.1) is 6.92 Å². The number of phenolic OH excluding ortho intramolecular Hbond substituents is 1. The molecule has 0 aliphatic heterocycles. The van der Waals surface area contributed by atoms with E-state index in [0.717, 1.165) is 5.56 Å². The van der Waals surface area contributed by atoms with Crippen molar-refractivity contribution in [3.05, 3.63) is 41.6 Å². The van der Waals surface area contributed by atoms with E-state index in [1.54, 1.807) is 19.1 Å². The molecule has 1 aromatic carbocycles. The van der Waals surface area contributed by atoms with Crippen molar-refractivity contribution in [2.75, 3.05) is 0 Å². The first-order valence-electron chi connectivity index (χ1n) is 4.31. The van der Waals surface area contributed by atoms with Gasteiger partial charge in [0.15, 0.2) is 0 Å². The van der Waals surface area contributed by atoms with Crippen molar-refractivity contribution in [3.8, 4) is 5.75 Å². The maximum Gasteiger partial charge on any atom is 0.220 e. The van der Waals surface area contributed by atoms with Crippen LogP contribution >= 0.6 is 0 Å². The maximum atomic E-state index is 9.08. The zero-order valence-corrected chi connectivity index (χ0v) is 7.77. The summed E-state index contributed by atoms with van der Waals surface area (Å²) < 4.78 is 5.23. The van der Waals surface area contributed by atoms with Crippen molar-refractivity contribution in [1.82, 2.24) is 10.2 Å². The standard InChI is InChI=1S/C10H10N2O2/c1-7-11-12-10(14-7)6-8-2-4-9(13)5-3-8/h2-5,13H,6H2,1H3. The lowest BCUT2D eigenvalue weighted by atomic mass is 10.1. The van der Waals surface area contributed by atoms with Crippen molar-refractivity contribution >= 4 is 0 Å². The van der Waals surface area contributed by atoms with E-state index in [1.807, 2.05) is 12.1 Å². The topological polar surface area (TPSA) is 59.2 Å². The second kappa shape index (κ2) is 3.49. The highest BCUT2D eigenvalue weighted by Gasteiger charge is 2.03. The SMILES string of the molecule is Cc1nnc(Cc2ccc(O)cc2)o1. The molecule has 72 valence electrons. The fraction of sp³-hybridized carbons (Fsp3) is 0.200. The van der Waals surface area contributed by atoms with Gasteiger partial charge in [0, 0.05) is 6.92 Å². The van der Waals surface area contributed by atoms with Crippen LogP contribution in [0.1, 0.15) is 17.3 Å². The van der Waals surface area contributed by atoms with Crippen LogP contribution in [0.15, 0.2) is 28.7 Å². The molecule has 4 heteroatoms. The third kappa shape index (κ3) is 1.90. The third-order valence-electron chi connectivity index (χ3n) is 1.86. The molecule has 0 bridgehead atoms. The van der Waals surface area contributed by atoms with Gasteiger partial charge in [-0.25, -0.2) is 0 Å². The average molecular weight is 190 g/mol. The lowest BCUT2D eigenvalue weighted by Gasteiger charge is -1.96. The molecule has 4 nitrogen and oxygen atoms in total. The smallest absolute Gasteiger partial charge is 0.220 e. The van der Waals surface area contributed by atoms with E-state index in [1.165, 1.54) is 0 Å². The molecule has 1 aromatic heterocycles. The summed E-state index contributed by atoms with van der Waals surface area (Å²) in [4.78, 5) is 0. The van der Waals surface area contributed by atoms with E-state index in [2.05, 4.69) is 10.2 Å². The number of rotatable bonds is 2. The van der Waals surface area contributed by atoms with Crippen molar-refractivity contribution in [3.63, 3.8) is 0 Å². The first kappa shape index (κ1) is 8.74. The van der Waals surface area contributed by atoms with Crippen LogP contribution in [0.2, 0.25) is 0 Å². The molecular formula is C10H10N2O2. The zero-order chi connectivity index (χ0) is 9.97. The van der Waals surface area contributed by atoms with Crippen LogP contribution in [-0.4, -0.2) is 15.3 Å². The maximum absolute atomic E-state index is 9.08. The molecule has 2 rings (SSSR count). The van der Waals surface area contributed by atoms with E-state index >= 15 is 0 Å². The molecule has 14 heavy (non-hydrogen) atoms. The van der Waals surface area contributed by atoms with Gasteiger partial charge in [-0.2, -0.15) is 0 Å². The Labute approximate surface area is 81.2 Å². The van der Waals surface area contributed by atoms with Crippen molar-refractivity contribution < 1.29 is 9.52 Å². The number of phenols is 1. The minimum absolute atomic E-state index is 0.260. The summed E-state index contributed by atoms with van der Waals surface area (Å²) in [6.45, 7) is 1.76. The average Bonchev–Trinajstić information content (AvgIpc) is 2.56. The van der Waals surface area contributed by atoms with E-state index in [0.29, 0.717) is 18.2 Å². The normalized spacial score (nSPS) is 10.4. The summed E-state index contributed by atoms with van der Waals surface area (Å²) in [5, 5.41) is 16.7. The van der Waals surface area contributed by atoms with E-state index in [9.17, 15) is 0 Å². The number of aromatic hydroxyl groups is 1. The molecular weight excluding hydrogens is 180 g/mol. The summed E-state index contributed by atoms with van der Waals surface area (Å²) >= 11 is 0. The van der Waals surface area contributed by atoms with Gasteiger partial charge in [0.05, 0.1) is 6.42 Å². The first-order chi connectivity index (χ1) is 6.74. The minimum atomic E-state index is 0.260. The molecule has 2 aromatic rings. The lowest BCUT2D eigenvalue weighted by molar-refractivity contribution is 0.472. The summed E-state index contributed by atoms with van der Waals surface area (Å²) in [6.07, 6.45) is 0.598. The molecule has 0 saturated heterocycles. The second-order valence-corrected chi connectivity index (χ2v) is 3.06. The third-order valence-corrected chi connectivity index (χ3v) is 1.86. The van der Waals surface area contributed by atoms with Gasteiger partial charge in [0.1, 0.15) is 5.75 Å². The number of hydrogen-bond acceptors (Lipinski definition) is 4. The molecule has 0 aliphatic carbocycles. The van der Waals surface area contributed by atoms with Crippen molar-refractivity contribution in [1.29, 1.82) is 0 Å². The Kier molecular flexibility index (Phi) is 2.18. The number of hydrogen-bond donors (Lipinski definition) is 1. The van der Waals surface area contributed by atoms with Crippen LogP contribution in [-0.2, 0) is 6.42 Å². The second-order valence-electron chi connectivity index (χ2n) is 3.06. The highest BCUT2D eigenvalue weighted by molar-refractivity contribution is 5.27. The van der Waals surface area contributed by atoms with Gasteiger partial charge >= 0.3 is 0 Å². The molecule has 0 amide bonds. The lowest BCUT2D eigenvalue weighted by Crippen LogP contribution is -1.87. The molecule has 0 radical (unpaired) electrons. The predicted molar refractivity (Wildman–Crippen MR) is 49.9 cm³/mol. The zero-order valence-electron chi connectivity index (χ0n) is 7.77. The van der Waals surface area contributed by atoms with Crippen molar-refractivity contribution in [2.24, 2.45) is 0 Å². The predicted octanol–water partition coefficient (Wildman–Crippen LogP) is 1.67. The van der Waals surface area contributed by atoms with Gasteiger partial charge in [-0.3, -0.25) is 0 Å². The summed E-state index contributed by atoms with van der Waals surface area (Å²) in [6, 6.07) is 6.93. The van der Waals surface area contributed by atoms with Gasteiger partial charge in [-0.05, 0) is 17.7 Å². The fourth-order valence-electron chi connectivity index (χ4n) is 1.20. The Balaban J connectivity index is 2.15. The number of aromatic nitrogens is 2. The van der Waals surface area contributed by atoms with Gasteiger partial charge in [0.2, 0.25) is 11.8 Å². The van der Waals surface area contributed by atoms with Crippen LogP contribution in [0.25, 0.3) is 0 Å². The molecule has 1 heterocycles. The summed E-state index contributed by atoms with van der Waals surface area (Å²) in [5.41, 5.74) is 1.03. The van der Waals surface area contributed by atoms with Crippen LogP contribution in [0.4, 0.5) is 0 Å². The fourth-order valence-corrected chi connectivity index (χ4v) is 1.20. The number of aryl methyl sites for hydroxylation is 1. The number of nitrogens with zero attached hydrogens (tertiary/aromatic N) is 2. The molecule has 0 aliphatic rings. The van der Waals surface area contributed by atoms with Crippen molar-refractivity contribution in [2.45, 2.75) is 13.3 Å². The highest BCUT2D eigenvalue weighted by atomic mass is 16.4. The van der Waals surface area contributed by atoms with Gasteiger partial charge in [-0.1, -0.05) is 12.1 Å². The first-order valence-corrected chi connectivity index (χ1v) is 4.31. The van der Waals surface area contributed by atoms with Gasteiger partial charge in [-0.15, -0.1) is 10.2 Å². The minimum Gasteiger partial charge on any atom is -0.508 e. The molecule has 0 saturated carbocycles. The van der Waals surface area contributed by atoms with Gasteiger partial charge < -0.3 is 9.52 Å². The number of benzene rings is 1. The molecule has 0 spiro atoms. The van der Waals surface area contributed by atoms with Gasteiger partial charge in [0.25, 0.3) is 0 Å². The van der Waals surface area contributed by atoms with E-state index in [-0.39, 0.29) is 5.75 Å². The summed E-state index contributed by atoms with van der Waals surface area (Å²) in [7, 11) is 0. The highest BCUT2D eigenvalue weighted by Crippen LogP contribution is 2.12. The monoisotopic (exact) mass is 190 g/mol. The molecule has 0 fully saturated rings. The molecule has 1 N–H and O–H groups in total. The largest absolute Gasteiger partial charge is 0.508 e. The Hall–Kier alpha value is -1.84. The Bertz CT molecular complexity index is 420. The molecule has 0 unspecified atom stereocenters. The van der Waals surface area contributed by atoms with Crippen LogP contribution in [0.5, 0.6) is 5.75 Å². The van der Waals surface area contributed by atoms with E-state index in [4.69, 9.17) is 9.52 Å².